The standard InChI is InChI=1S/C26H29FN2O6S2/c1-13-7-18(34-2)17(24-23(32)22(31)21(27)19(12-30)35-24)10-14(13)8-16-9-15-11-29(5-3-20(15)37-16)26(33)25-28-4-6-36-25/h4,6-7,9-10,19,21-24,30-32H,3,5,8,11-12H2,1-2H3/t19-,21-,22+,23-,24+/m1/s1. The summed E-state index contributed by atoms with van der Waals surface area (Å²) in [4.78, 5) is 21.1. The van der Waals surface area contributed by atoms with E-state index in [-0.39, 0.29) is 5.91 Å². The number of thiophene rings is 1. The number of amides is 1. The molecule has 2 aliphatic heterocycles. The molecule has 0 bridgehead atoms. The van der Waals surface area contributed by atoms with Crippen LogP contribution in [0.4, 0.5) is 4.39 Å². The van der Waals surface area contributed by atoms with E-state index in [1.54, 1.807) is 22.9 Å². The van der Waals surface area contributed by atoms with Gasteiger partial charge in [-0.05, 0) is 48.2 Å². The summed E-state index contributed by atoms with van der Waals surface area (Å²) in [5.74, 6) is 0.405. The third-order valence-electron chi connectivity index (χ3n) is 7.02. The molecule has 2 aromatic heterocycles. The number of aryl methyl sites for hydroxylation is 1. The van der Waals surface area contributed by atoms with Gasteiger partial charge in [-0.1, -0.05) is 0 Å². The first-order chi connectivity index (χ1) is 17.8. The number of carbonyl (C=O) groups excluding carboxylic acids is 1. The molecule has 4 heterocycles. The number of hydrogen-bond acceptors (Lipinski definition) is 9. The van der Waals surface area contributed by atoms with Crippen molar-refractivity contribution in [3.63, 3.8) is 0 Å². The molecule has 3 N–H and O–H groups in total. The fraction of sp³-hybridized carbons (Fsp3) is 0.462. The highest BCUT2D eigenvalue weighted by atomic mass is 32.1. The zero-order valence-corrected chi connectivity index (χ0v) is 22.1. The number of aliphatic hydroxyl groups excluding tert-OH is 3. The van der Waals surface area contributed by atoms with E-state index < -0.39 is 37.2 Å². The van der Waals surface area contributed by atoms with E-state index in [9.17, 15) is 24.5 Å². The lowest BCUT2D eigenvalue weighted by atomic mass is 9.89. The number of fused-ring (bicyclic) bond motifs is 1. The Hall–Kier alpha value is -2.41. The normalized spacial score (nSPS) is 25.7. The van der Waals surface area contributed by atoms with Crippen molar-refractivity contribution >= 4 is 28.6 Å². The number of alkyl halides is 1. The molecule has 1 aromatic carbocycles. The molecule has 2 aliphatic rings. The van der Waals surface area contributed by atoms with Gasteiger partial charge in [0.2, 0.25) is 0 Å². The van der Waals surface area contributed by atoms with Crippen molar-refractivity contribution in [1.82, 2.24) is 9.88 Å². The third-order valence-corrected chi connectivity index (χ3v) is 9.02. The predicted octanol–water partition coefficient (Wildman–Crippen LogP) is 2.80. The molecule has 1 amide bonds. The van der Waals surface area contributed by atoms with E-state index in [1.807, 2.05) is 24.0 Å². The fourth-order valence-electron chi connectivity index (χ4n) is 4.97. The van der Waals surface area contributed by atoms with Crippen molar-refractivity contribution in [3.8, 4) is 5.75 Å². The van der Waals surface area contributed by atoms with E-state index in [0.29, 0.717) is 35.8 Å². The molecule has 0 radical (unpaired) electrons. The zero-order chi connectivity index (χ0) is 26.3. The van der Waals surface area contributed by atoms with Crippen molar-refractivity contribution in [2.45, 2.75) is 56.9 Å². The minimum atomic E-state index is -1.90. The van der Waals surface area contributed by atoms with Crippen molar-refractivity contribution in [1.29, 1.82) is 0 Å². The molecule has 11 heteroatoms. The number of hydrogen-bond donors (Lipinski definition) is 3. The van der Waals surface area contributed by atoms with Crippen LogP contribution < -0.4 is 4.74 Å². The van der Waals surface area contributed by atoms with Crippen LogP contribution in [0.1, 0.15) is 47.9 Å². The van der Waals surface area contributed by atoms with Gasteiger partial charge in [-0.3, -0.25) is 4.79 Å². The van der Waals surface area contributed by atoms with Crippen LogP contribution in [0.25, 0.3) is 0 Å². The van der Waals surface area contributed by atoms with Gasteiger partial charge in [0, 0.05) is 46.4 Å². The van der Waals surface area contributed by atoms with Crippen LogP contribution in [0.15, 0.2) is 29.8 Å². The van der Waals surface area contributed by atoms with E-state index >= 15 is 0 Å². The number of thiazole rings is 1. The molecule has 198 valence electrons. The number of benzene rings is 1. The summed E-state index contributed by atoms with van der Waals surface area (Å²) < 4.78 is 25.5. The van der Waals surface area contributed by atoms with Crippen molar-refractivity contribution in [2.24, 2.45) is 0 Å². The molecule has 0 saturated carbocycles. The molecule has 37 heavy (non-hydrogen) atoms. The van der Waals surface area contributed by atoms with Crippen LogP contribution in [0.3, 0.4) is 0 Å². The van der Waals surface area contributed by atoms with Crippen LogP contribution in [0, 0.1) is 6.92 Å². The zero-order valence-electron chi connectivity index (χ0n) is 20.5. The average molecular weight is 549 g/mol. The van der Waals surface area contributed by atoms with Gasteiger partial charge in [0.05, 0.1) is 13.7 Å². The summed E-state index contributed by atoms with van der Waals surface area (Å²) in [6.07, 6.45) is -4.38. The van der Waals surface area contributed by atoms with Gasteiger partial charge in [-0.15, -0.1) is 22.7 Å². The number of rotatable bonds is 6. The maximum atomic E-state index is 14.3. The molecular weight excluding hydrogens is 519 g/mol. The fourth-order valence-corrected chi connectivity index (χ4v) is 6.77. The van der Waals surface area contributed by atoms with Crippen LogP contribution >= 0.6 is 22.7 Å². The minimum Gasteiger partial charge on any atom is -0.496 e. The molecule has 8 nitrogen and oxygen atoms in total. The highest BCUT2D eigenvalue weighted by Crippen LogP contribution is 2.40. The van der Waals surface area contributed by atoms with Crippen molar-refractivity contribution in [2.75, 3.05) is 20.3 Å². The van der Waals surface area contributed by atoms with E-state index in [0.717, 1.165) is 28.0 Å². The minimum absolute atomic E-state index is 0.0473. The second-order valence-electron chi connectivity index (χ2n) is 9.38. The van der Waals surface area contributed by atoms with Crippen molar-refractivity contribution < 1.29 is 34.0 Å². The van der Waals surface area contributed by atoms with Crippen LogP contribution in [0.2, 0.25) is 0 Å². The molecule has 1 fully saturated rings. The van der Waals surface area contributed by atoms with Gasteiger partial charge in [-0.25, -0.2) is 9.37 Å². The number of ether oxygens (including phenoxy) is 2. The third kappa shape index (κ3) is 5.04. The summed E-state index contributed by atoms with van der Waals surface area (Å²) in [6, 6.07) is 5.83. The Morgan fingerprint density at radius 3 is 2.81 bits per heavy atom. The monoisotopic (exact) mass is 548 g/mol. The Kier molecular flexibility index (Phi) is 7.62. The molecule has 0 aliphatic carbocycles. The number of halogens is 1. The summed E-state index contributed by atoms with van der Waals surface area (Å²) in [7, 11) is 1.50. The lowest BCUT2D eigenvalue weighted by molar-refractivity contribution is -0.214. The SMILES string of the molecule is COc1cc(C)c(Cc2cc3c(s2)CCN(C(=O)c2nccs2)C3)cc1[C@@H]1O[C@H](CO)[C@@H](F)[C@H](O)[C@H]1O. The Labute approximate surface area is 221 Å². The number of aromatic nitrogens is 1. The maximum Gasteiger partial charge on any atom is 0.283 e. The van der Waals surface area contributed by atoms with Gasteiger partial charge >= 0.3 is 0 Å². The molecule has 5 rings (SSSR count). The quantitative estimate of drug-likeness (QED) is 0.434. The summed E-state index contributed by atoms with van der Waals surface area (Å²) in [5, 5.41) is 32.7. The lowest BCUT2D eigenvalue weighted by Crippen LogP contribution is -2.53. The highest BCUT2D eigenvalue weighted by Gasteiger charge is 2.46. The molecule has 3 aromatic rings. The Morgan fingerprint density at radius 1 is 1.30 bits per heavy atom. The van der Waals surface area contributed by atoms with E-state index in [2.05, 4.69) is 11.1 Å². The van der Waals surface area contributed by atoms with Gasteiger partial charge in [0.25, 0.3) is 5.91 Å². The average Bonchev–Trinajstić information content (AvgIpc) is 3.58. The lowest BCUT2D eigenvalue weighted by Gasteiger charge is -2.39. The second kappa shape index (κ2) is 10.8. The maximum absolute atomic E-state index is 14.3. The van der Waals surface area contributed by atoms with Gasteiger partial charge < -0.3 is 29.7 Å². The van der Waals surface area contributed by atoms with E-state index in [1.165, 1.54) is 23.3 Å². The first kappa shape index (κ1) is 26.2. The second-order valence-corrected chi connectivity index (χ2v) is 11.5. The number of methoxy groups -OCH3 is 1. The molecule has 5 atom stereocenters. The predicted molar refractivity (Wildman–Crippen MR) is 137 cm³/mol. The Balaban J connectivity index is 1.39. The van der Waals surface area contributed by atoms with Crippen LogP contribution in [-0.2, 0) is 24.1 Å². The Morgan fingerprint density at radius 2 is 2.11 bits per heavy atom. The van der Waals surface area contributed by atoms with Crippen molar-refractivity contribution in [3.05, 3.63) is 66.8 Å². The first-order valence-corrected chi connectivity index (χ1v) is 13.7. The van der Waals surface area contributed by atoms with Crippen LogP contribution in [0.5, 0.6) is 5.75 Å². The largest absolute Gasteiger partial charge is 0.496 e. The molecule has 0 unspecified atom stereocenters. The van der Waals surface area contributed by atoms with E-state index in [4.69, 9.17) is 9.47 Å². The summed E-state index contributed by atoms with van der Waals surface area (Å²) in [5.41, 5.74) is 3.57. The molecule has 0 spiro atoms. The van der Waals surface area contributed by atoms with Gasteiger partial charge in [-0.2, -0.15) is 0 Å². The number of carbonyl (C=O) groups is 1. The topological polar surface area (TPSA) is 112 Å². The van der Waals surface area contributed by atoms with Gasteiger partial charge in [0.15, 0.2) is 11.2 Å². The Bertz CT molecular complexity index is 1260. The van der Waals surface area contributed by atoms with Gasteiger partial charge in [0.1, 0.15) is 30.2 Å². The first-order valence-electron chi connectivity index (χ1n) is 12.0. The van der Waals surface area contributed by atoms with Crippen LogP contribution in [-0.4, -0.2) is 75.9 Å². The summed E-state index contributed by atoms with van der Waals surface area (Å²) in [6.45, 7) is 2.54. The molecule has 1 saturated heterocycles. The number of nitrogens with zero attached hydrogens (tertiary/aromatic N) is 2. The summed E-state index contributed by atoms with van der Waals surface area (Å²) >= 11 is 3.07. The number of aliphatic hydroxyl groups is 3. The highest BCUT2D eigenvalue weighted by molar-refractivity contribution is 7.12. The smallest absolute Gasteiger partial charge is 0.283 e. The molecular formula is C26H29FN2O6S2.